The van der Waals surface area contributed by atoms with E-state index in [0.717, 1.165) is 6.42 Å². The Bertz CT molecular complexity index is 315. The molecule has 1 aromatic heterocycles. The lowest BCUT2D eigenvalue weighted by Gasteiger charge is -2.03. The Morgan fingerprint density at radius 3 is 2.33 bits per heavy atom. The molecule has 0 saturated heterocycles. The van der Waals surface area contributed by atoms with Crippen molar-refractivity contribution in [1.82, 2.24) is 4.57 Å². The molecule has 1 heterocycles. The molecule has 104 valence electrons. The molecule has 0 unspecified atom stereocenters. The summed E-state index contributed by atoms with van der Waals surface area (Å²) in [5.41, 5.74) is 0. The van der Waals surface area contributed by atoms with Crippen LogP contribution < -0.4 is 4.57 Å². The normalized spacial score (nSPS) is 11.1. The van der Waals surface area contributed by atoms with Gasteiger partial charge in [0.15, 0.2) is 0 Å². The van der Waals surface area contributed by atoms with Crippen molar-refractivity contribution >= 4 is 0 Å². The Labute approximate surface area is 113 Å². The van der Waals surface area contributed by atoms with Crippen LogP contribution in [-0.4, -0.2) is 4.57 Å². The summed E-state index contributed by atoms with van der Waals surface area (Å²) in [5.74, 6) is 1.50. The van der Waals surface area contributed by atoms with E-state index in [-0.39, 0.29) is 0 Å². The van der Waals surface area contributed by atoms with Crippen molar-refractivity contribution < 1.29 is 4.57 Å². The summed E-state index contributed by atoms with van der Waals surface area (Å²) in [6.07, 6.45) is 15.0. The molecule has 0 bridgehead atoms. The van der Waals surface area contributed by atoms with E-state index in [1.807, 2.05) is 0 Å². The summed E-state index contributed by atoms with van der Waals surface area (Å²) >= 11 is 0. The zero-order valence-corrected chi connectivity index (χ0v) is 12.6. The largest absolute Gasteiger partial charge is 0.256 e. The topological polar surface area (TPSA) is 8.81 Å². The molecule has 2 nitrogen and oxygen atoms in total. The number of aromatic nitrogens is 2. The first kappa shape index (κ1) is 15.3. The van der Waals surface area contributed by atoms with Crippen LogP contribution in [0.25, 0.3) is 0 Å². The van der Waals surface area contributed by atoms with Crippen LogP contribution in [0, 0.1) is 0 Å². The quantitative estimate of drug-likeness (QED) is 0.437. The van der Waals surface area contributed by atoms with Crippen LogP contribution in [0.2, 0.25) is 0 Å². The van der Waals surface area contributed by atoms with E-state index in [1.165, 1.54) is 63.9 Å². The monoisotopic (exact) mass is 251 g/mol. The van der Waals surface area contributed by atoms with Crippen LogP contribution in [0.15, 0.2) is 12.4 Å². The van der Waals surface area contributed by atoms with Gasteiger partial charge in [-0.2, -0.15) is 0 Å². The second-order valence-electron chi connectivity index (χ2n) is 5.22. The van der Waals surface area contributed by atoms with Crippen LogP contribution in [0.1, 0.15) is 71.5 Å². The van der Waals surface area contributed by atoms with Crippen molar-refractivity contribution in [3.05, 3.63) is 18.2 Å². The van der Waals surface area contributed by atoms with Crippen LogP contribution in [0.5, 0.6) is 0 Å². The first-order valence-electron chi connectivity index (χ1n) is 7.90. The van der Waals surface area contributed by atoms with Gasteiger partial charge in [-0.25, -0.2) is 9.13 Å². The fourth-order valence-corrected chi connectivity index (χ4v) is 2.55. The van der Waals surface area contributed by atoms with Gasteiger partial charge in [0.05, 0.1) is 13.1 Å². The zero-order chi connectivity index (χ0) is 13.2. The second-order valence-corrected chi connectivity index (χ2v) is 5.22. The third-order valence-corrected chi connectivity index (χ3v) is 3.66. The molecule has 0 atom stereocenters. The Morgan fingerprint density at radius 1 is 0.944 bits per heavy atom. The smallest absolute Gasteiger partial charge is 0.234 e. The third-order valence-electron chi connectivity index (χ3n) is 3.66. The van der Waals surface area contributed by atoms with Crippen LogP contribution >= 0.6 is 0 Å². The maximum absolute atomic E-state index is 2.46. The molecular formula is C16H31N2+. The summed E-state index contributed by atoms with van der Waals surface area (Å²) < 4.78 is 4.91. The average Bonchev–Trinajstić information content (AvgIpc) is 2.77. The van der Waals surface area contributed by atoms with Crippen LogP contribution in [0.4, 0.5) is 0 Å². The molecule has 1 aromatic rings. The van der Waals surface area contributed by atoms with Gasteiger partial charge in [-0.15, -0.1) is 0 Å². The van der Waals surface area contributed by atoms with Crippen molar-refractivity contribution in [2.45, 2.75) is 85.2 Å². The molecule has 0 aromatic carbocycles. The van der Waals surface area contributed by atoms with Crippen LogP contribution in [0.3, 0.4) is 0 Å². The molecule has 0 spiro atoms. The van der Waals surface area contributed by atoms with E-state index in [1.54, 1.807) is 0 Å². The van der Waals surface area contributed by atoms with Crippen molar-refractivity contribution in [3.63, 3.8) is 0 Å². The minimum absolute atomic E-state index is 1.15. The molecule has 0 aliphatic rings. The zero-order valence-electron chi connectivity index (χ0n) is 12.6. The first-order valence-corrected chi connectivity index (χ1v) is 7.90. The van der Waals surface area contributed by atoms with Crippen LogP contribution in [-0.2, 0) is 19.5 Å². The summed E-state index contributed by atoms with van der Waals surface area (Å²) in [4.78, 5) is 0. The number of nitrogens with zero attached hydrogens (tertiary/aromatic N) is 2. The predicted octanol–water partition coefficient (Wildman–Crippen LogP) is 4.11. The maximum Gasteiger partial charge on any atom is 0.256 e. The first-order chi connectivity index (χ1) is 8.83. The fourth-order valence-electron chi connectivity index (χ4n) is 2.55. The molecule has 0 N–H and O–H groups in total. The number of imidazole rings is 1. The minimum atomic E-state index is 1.15. The van der Waals surface area contributed by atoms with E-state index < -0.39 is 0 Å². The van der Waals surface area contributed by atoms with E-state index in [2.05, 4.69) is 42.3 Å². The molecule has 0 radical (unpaired) electrons. The summed E-state index contributed by atoms with van der Waals surface area (Å²) in [7, 11) is 0. The lowest BCUT2D eigenvalue weighted by molar-refractivity contribution is -0.704. The lowest BCUT2D eigenvalue weighted by Crippen LogP contribution is -2.37. The Balaban J connectivity index is 2.47. The Hall–Kier alpha value is -0.790. The Morgan fingerprint density at radius 2 is 1.67 bits per heavy atom. The molecule has 0 fully saturated rings. The fraction of sp³-hybridized carbons (Fsp3) is 0.812. The maximum atomic E-state index is 2.46. The predicted molar refractivity (Wildman–Crippen MR) is 77.7 cm³/mol. The highest BCUT2D eigenvalue weighted by molar-refractivity contribution is 4.82. The number of hydrogen-bond acceptors (Lipinski definition) is 0. The van der Waals surface area contributed by atoms with Gasteiger partial charge >= 0.3 is 0 Å². The SMILES string of the molecule is CCCCCCn1cc[n+](CCCCC)c1CC. The molecule has 0 saturated carbocycles. The van der Waals surface area contributed by atoms with Gasteiger partial charge in [-0.05, 0) is 25.7 Å². The van der Waals surface area contributed by atoms with Gasteiger partial charge in [0.1, 0.15) is 12.4 Å². The molecule has 18 heavy (non-hydrogen) atoms. The van der Waals surface area contributed by atoms with Gasteiger partial charge in [0.25, 0.3) is 5.82 Å². The van der Waals surface area contributed by atoms with E-state index in [9.17, 15) is 0 Å². The molecule has 1 rings (SSSR count). The number of unbranched alkanes of at least 4 members (excludes halogenated alkanes) is 5. The molecule has 0 amide bonds. The number of rotatable bonds is 10. The van der Waals surface area contributed by atoms with Crippen molar-refractivity contribution in [2.24, 2.45) is 0 Å². The summed E-state index contributed by atoms with van der Waals surface area (Å²) in [6.45, 7) is 9.20. The number of hydrogen-bond donors (Lipinski definition) is 0. The third kappa shape index (κ3) is 4.83. The highest BCUT2D eigenvalue weighted by atomic mass is 15.1. The summed E-state index contributed by atoms with van der Waals surface area (Å²) in [5, 5.41) is 0. The van der Waals surface area contributed by atoms with Crippen molar-refractivity contribution in [1.29, 1.82) is 0 Å². The van der Waals surface area contributed by atoms with Gasteiger partial charge in [0.2, 0.25) is 0 Å². The van der Waals surface area contributed by atoms with Gasteiger partial charge < -0.3 is 0 Å². The average molecular weight is 251 g/mol. The number of aryl methyl sites for hydroxylation is 2. The lowest BCUT2D eigenvalue weighted by atomic mass is 10.2. The van der Waals surface area contributed by atoms with Gasteiger partial charge in [0, 0.05) is 6.42 Å². The minimum Gasteiger partial charge on any atom is -0.234 e. The molecule has 2 heteroatoms. The standard InChI is InChI=1S/C16H31N2/c1-4-7-9-11-13-18-15-14-17(16(18)6-3)12-10-8-5-2/h14-15H,4-13H2,1-3H3/q+1. The summed E-state index contributed by atoms with van der Waals surface area (Å²) in [6, 6.07) is 0. The highest BCUT2D eigenvalue weighted by Gasteiger charge is 2.13. The Kier molecular flexibility index (Phi) is 7.79. The van der Waals surface area contributed by atoms with E-state index >= 15 is 0 Å². The van der Waals surface area contributed by atoms with Gasteiger partial charge in [-0.3, -0.25) is 0 Å². The van der Waals surface area contributed by atoms with E-state index in [0.29, 0.717) is 0 Å². The molecule has 0 aliphatic carbocycles. The molecule has 0 aliphatic heterocycles. The van der Waals surface area contributed by atoms with Crippen molar-refractivity contribution in [3.8, 4) is 0 Å². The van der Waals surface area contributed by atoms with E-state index in [4.69, 9.17) is 0 Å². The van der Waals surface area contributed by atoms with Gasteiger partial charge in [-0.1, -0.05) is 40.0 Å². The highest BCUT2D eigenvalue weighted by Crippen LogP contribution is 2.05. The molecular weight excluding hydrogens is 220 g/mol. The second kappa shape index (κ2) is 9.18. The van der Waals surface area contributed by atoms with Crippen molar-refractivity contribution in [2.75, 3.05) is 0 Å².